The van der Waals surface area contributed by atoms with Gasteiger partial charge in [0.15, 0.2) is 0 Å². The lowest BCUT2D eigenvalue weighted by atomic mass is 10.2. The van der Waals surface area contributed by atoms with E-state index < -0.39 is 26.6 Å². The van der Waals surface area contributed by atoms with Crippen LogP contribution in [0, 0.1) is 0 Å². The van der Waals surface area contributed by atoms with Gasteiger partial charge >= 0.3 is 5.91 Å². The molecule has 0 saturated carbocycles. The van der Waals surface area contributed by atoms with Crippen molar-refractivity contribution in [1.29, 1.82) is 0 Å². The lowest BCUT2D eigenvalue weighted by Gasteiger charge is -2.02. The molecular formula is C9H6ClNO4S. The maximum atomic E-state index is 11.5. The molecule has 7 heteroatoms. The highest BCUT2D eigenvalue weighted by molar-refractivity contribution is 8.00. The summed E-state index contributed by atoms with van der Waals surface area (Å²) in [4.78, 5) is 10.6. The maximum absolute atomic E-state index is 11.5. The van der Waals surface area contributed by atoms with Crippen molar-refractivity contribution < 1.29 is 18.3 Å². The Morgan fingerprint density at radius 2 is 2.00 bits per heavy atom. The molecule has 0 aromatic heterocycles. The first kappa shape index (κ1) is 11.0. The zero-order valence-electron chi connectivity index (χ0n) is 7.77. The molecule has 1 aliphatic heterocycles. The van der Waals surface area contributed by atoms with E-state index in [1.807, 2.05) is 0 Å². The maximum Gasteiger partial charge on any atom is 0.301 e. The molecule has 2 rings (SSSR count). The Morgan fingerprint density at radius 1 is 1.31 bits per heavy atom. The molecule has 1 aromatic rings. The summed E-state index contributed by atoms with van der Waals surface area (Å²) in [6, 6.07) is 5.87. The SMILES string of the molecule is O=C1NS(=O)(=O)C(c2cccc(Cl)c2)=C1O. The van der Waals surface area contributed by atoms with Crippen molar-refractivity contribution in [2.45, 2.75) is 0 Å². The van der Waals surface area contributed by atoms with Gasteiger partial charge in [-0.05, 0) is 12.1 Å². The number of nitrogens with one attached hydrogen (secondary N) is 1. The predicted molar refractivity (Wildman–Crippen MR) is 58.1 cm³/mol. The summed E-state index contributed by atoms with van der Waals surface area (Å²) in [5.74, 6) is -1.85. The van der Waals surface area contributed by atoms with Crippen LogP contribution in [0.15, 0.2) is 30.0 Å². The number of halogens is 1. The third-order valence-electron chi connectivity index (χ3n) is 2.01. The van der Waals surface area contributed by atoms with Crippen molar-refractivity contribution in [2.24, 2.45) is 0 Å². The van der Waals surface area contributed by atoms with Gasteiger partial charge in [0.25, 0.3) is 10.0 Å². The van der Waals surface area contributed by atoms with Crippen molar-refractivity contribution >= 4 is 32.4 Å². The van der Waals surface area contributed by atoms with Crippen LogP contribution in [0.4, 0.5) is 0 Å². The van der Waals surface area contributed by atoms with Gasteiger partial charge in [0.2, 0.25) is 5.76 Å². The number of benzene rings is 1. The number of amides is 1. The first-order valence-electron chi connectivity index (χ1n) is 4.18. The summed E-state index contributed by atoms with van der Waals surface area (Å²) in [6.45, 7) is 0. The third-order valence-corrected chi connectivity index (χ3v) is 3.67. The van der Waals surface area contributed by atoms with Gasteiger partial charge in [-0.3, -0.25) is 4.79 Å². The second-order valence-electron chi connectivity index (χ2n) is 3.12. The Bertz CT molecular complexity index is 606. The van der Waals surface area contributed by atoms with Gasteiger partial charge in [0, 0.05) is 10.6 Å². The van der Waals surface area contributed by atoms with Gasteiger partial charge in [-0.2, -0.15) is 0 Å². The summed E-state index contributed by atoms with van der Waals surface area (Å²) < 4.78 is 24.7. The number of carbonyl (C=O) groups is 1. The van der Waals surface area contributed by atoms with Crippen molar-refractivity contribution in [2.75, 3.05) is 0 Å². The van der Waals surface area contributed by atoms with Crippen molar-refractivity contribution in [3.8, 4) is 0 Å². The lowest BCUT2D eigenvalue weighted by molar-refractivity contribution is -0.117. The molecule has 16 heavy (non-hydrogen) atoms. The van der Waals surface area contributed by atoms with Gasteiger partial charge in [-0.15, -0.1) is 0 Å². The summed E-state index contributed by atoms with van der Waals surface area (Å²) >= 11 is 5.70. The molecule has 0 fully saturated rings. The molecule has 0 unspecified atom stereocenters. The highest BCUT2D eigenvalue weighted by Crippen LogP contribution is 2.29. The first-order valence-corrected chi connectivity index (χ1v) is 6.04. The monoisotopic (exact) mass is 259 g/mol. The fourth-order valence-corrected chi connectivity index (χ4v) is 2.79. The molecule has 0 atom stereocenters. The van der Waals surface area contributed by atoms with E-state index in [9.17, 15) is 18.3 Å². The molecule has 1 aliphatic rings. The fraction of sp³-hybridized carbons (Fsp3) is 0. The Kier molecular flexibility index (Phi) is 2.40. The smallest absolute Gasteiger partial charge is 0.301 e. The Hall–Kier alpha value is -1.53. The quantitative estimate of drug-likeness (QED) is 0.789. The third kappa shape index (κ3) is 1.66. The van der Waals surface area contributed by atoms with Gasteiger partial charge < -0.3 is 5.11 Å². The number of hydrogen-bond acceptors (Lipinski definition) is 4. The molecule has 1 amide bonds. The Balaban J connectivity index is 2.68. The van der Waals surface area contributed by atoms with Crippen LogP contribution in [-0.2, 0) is 14.8 Å². The normalized spacial score (nSPS) is 18.7. The minimum absolute atomic E-state index is 0.170. The van der Waals surface area contributed by atoms with E-state index >= 15 is 0 Å². The number of sulfonamides is 1. The zero-order chi connectivity index (χ0) is 11.9. The molecule has 0 bridgehead atoms. The zero-order valence-corrected chi connectivity index (χ0v) is 9.34. The van der Waals surface area contributed by atoms with E-state index in [1.54, 1.807) is 10.8 Å². The summed E-state index contributed by atoms with van der Waals surface area (Å²) in [5, 5.41) is 9.70. The second kappa shape index (κ2) is 3.50. The number of hydrogen-bond donors (Lipinski definition) is 2. The van der Waals surface area contributed by atoms with E-state index in [2.05, 4.69) is 0 Å². The summed E-state index contributed by atoms with van der Waals surface area (Å²) in [6.07, 6.45) is 0. The van der Waals surface area contributed by atoms with Crippen LogP contribution in [0.25, 0.3) is 4.91 Å². The van der Waals surface area contributed by atoms with Crippen LogP contribution in [0.3, 0.4) is 0 Å². The minimum atomic E-state index is -3.98. The molecule has 0 aliphatic carbocycles. The van der Waals surface area contributed by atoms with Crippen molar-refractivity contribution in [3.05, 3.63) is 40.6 Å². The van der Waals surface area contributed by atoms with Gasteiger partial charge in [-0.25, -0.2) is 13.1 Å². The first-order chi connectivity index (χ1) is 7.42. The number of carbonyl (C=O) groups excluding carboxylic acids is 1. The average Bonchev–Trinajstić information content (AvgIpc) is 2.35. The van der Waals surface area contributed by atoms with Crippen molar-refractivity contribution in [1.82, 2.24) is 4.72 Å². The topological polar surface area (TPSA) is 83.5 Å². The molecular weight excluding hydrogens is 254 g/mol. The second-order valence-corrected chi connectivity index (χ2v) is 5.18. The average molecular weight is 260 g/mol. The minimum Gasteiger partial charge on any atom is -0.502 e. The molecule has 5 nitrogen and oxygen atoms in total. The summed E-state index contributed by atoms with van der Waals surface area (Å²) in [7, 11) is -3.98. The summed E-state index contributed by atoms with van der Waals surface area (Å²) in [5.41, 5.74) is 0.170. The van der Waals surface area contributed by atoms with Crippen molar-refractivity contribution in [3.63, 3.8) is 0 Å². The molecule has 2 N–H and O–H groups in total. The van der Waals surface area contributed by atoms with E-state index in [-0.39, 0.29) is 5.56 Å². The molecule has 0 radical (unpaired) electrons. The van der Waals surface area contributed by atoms with Crippen LogP contribution in [0.5, 0.6) is 0 Å². The largest absolute Gasteiger partial charge is 0.502 e. The number of aliphatic hydroxyl groups is 1. The van der Waals surface area contributed by atoms with E-state index in [1.165, 1.54) is 18.2 Å². The standard InChI is InChI=1S/C9H6ClNO4S/c10-6-3-1-2-5(4-6)8-7(12)9(13)11-16(8,14)15/h1-4,12H,(H,11,13). The van der Waals surface area contributed by atoms with Crippen LogP contribution in [0.2, 0.25) is 5.02 Å². The Morgan fingerprint density at radius 3 is 2.50 bits per heavy atom. The van der Waals surface area contributed by atoms with Crippen LogP contribution >= 0.6 is 11.6 Å². The van der Waals surface area contributed by atoms with Gasteiger partial charge in [0.05, 0.1) is 0 Å². The molecule has 0 spiro atoms. The van der Waals surface area contributed by atoms with Crippen LogP contribution in [-0.4, -0.2) is 19.4 Å². The highest BCUT2D eigenvalue weighted by Gasteiger charge is 2.36. The van der Waals surface area contributed by atoms with Crippen LogP contribution < -0.4 is 4.72 Å². The predicted octanol–water partition coefficient (Wildman–Crippen LogP) is 1.03. The molecule has 1 heterocycles. The number of aliphatic hydroxyl groups excluding tert-OH is 1. The fourth-order valence-electron chi connectivity index (χ4n) is 1.37. The molecule has 0 saturated heterocycles. The lowest BCUT2D eigenvalue weighted by Crippen LogP contribution is -2.23. The van der Waals surface area contributed by atoms with Crippen LogP contribution in [0.1, 0.15) is 5.56 Å². The van der Waals surface area contributed by atoms with E-state index in [4.69, 9.17) is 11.6 Å². The van der Waals surface area contributed by atoms with E-state index in [0.717, 1.165) is 0 Å². The van der Waals surface area contributed by atoms with Gasteiger partial charge in [0.1, 0.15) is 4.91 Å². The Labute approximate surface area is 96.4 Å². The van der Waals surface area contributed by atoms with E-state index in [0.29, 0.717) is 5.02 Å². The number of rotatable bonds is 1. The van der Waals surface area contributed by atoms with Gasteiger partial charge in [-0.1, -0.05) is 23.7 Å². The highest BCUT2D eigenvalue weighted by atomic mass is 35.5. The molecule has 1 aromatic carbocycles. The molecule has 84 valence electrons.